The summed E-state index contributed by atoms with van der Waals surface area (Å²) in [4.78, 5) is 32.8. The molecule has 0 spiro atoms. The van der Waals surface area contributed by atoms with Crippen LogP contribution in [0.1, 0.15) is 92.1 Å². The molecule has 2 aliphatic carbocycles. The summed E-state index contributed by atoms with van der Waals surface area (Å²) in [6.07, 6.45) is 9.87. The van der Waals surface area contributed by atoms with Crippen molar-refractivity contribution in [1.82, 2.24) is 19.1 Å². The van der Waals surface area contributed by atoms with E-state index in [1.807, 2.05) is 18.2 Å². The number of nitrogens with zero attached hydrogens (tertiary/aromatic N) is 3. The second-order valence-electron chi connectivity index (χ2n) is 14.9. The van der Waals surface area contributed by atoms with Crippen LogP contribution in [0.5, 0.6) is 5.75 Å². The lowest BCUT2D eigenvalue weighted by atomic mass is 9.79. The predicted octanol–water partition coefficient (Wildman–Crippen LogP) is 5.46. The molecule has 2 saturated heterocycles. The number of fused-ring (bicyclic) bond motifs is 6. The number of piperazine rings is 1. The fraction of sp³-hybridized carbons (Fsp3) is 0.568. The highest BCUT2D eigenvalue weighted by molar-refractivity contribution is 7.91. The van der Waals surface area contributed by atoms with Crippen molar-refractivity contribution in [3.8, 4) is 17.0 Å². The zero-order valence-electron chi connectivity index (χ0n) is 27.6. The maximum absolute atomic E-state index is 14.8. The molecule has 5 aliphatic rings. The molecule has 47 heavy (non-hydrogen) atoms. The Morgan fingerprint density at radius 1 is 0.936 bits per heavy atom. The van der Waals surface area contributed by atoms with Crippen LogP contribution in [0.3, 0.4) is 0 Å². The highest BCUT2D eigenvalue weighted by atomic mass is 32.2. The third-order valence-electron chi connectivity index (χ3n) is 11.6. The molecule has 4 fully saturated rings. The van der Waals surface area contributed by atoms with Gasteiger partial charge in [0, 0.05) is 54.3 Å². The summed E-state index contributed by atoms with van der Waals surface area (Å²) in [5.74, 6) is 0.720. The molecular formula is C37H46N4O5S. The van der Waals surface area contributed by atoms with Crippen LogP contribution in [0.25, 0.3) is 22.2 Å². The van der Waals surface area contributed by atoms with Crippen LogP contribution < -0.4 is 9.46 Å². The fourth-order valence-corrected chi connectivity index (χ4v) is 10.3. The highest BCUT2D eigenvalue weighted by Gasteiger charge is 2.44. The van der Waals surface area contributed by atoms with Crippen LogP contribution in [-0.4, -0.2) is 79.2 Å². The molecule has 4 heterocycles. The number of carbonyl (C=O) groups is 2. The van der Waals surface area contributed by atoms with Crippen LogP contribution in [0.2, 0.25) is 0 Å². The van der Waals surface area contributed by atoms with E-state index in [9.17, 15) is 18.0 Å². The molecule has 3 aliphatic heterocycles. The van der Waals surface area contributed by atoms with Crippen molar-refractivity contribution in [2.75, 3.05) is 33.3 Å². The van der Waals surface area contributed by atoms with E-state index >= 15 is 0 Å². The van der Waals surface area contributed by atoms with Gasteiger partial charge in [-0.05, 0) is 106 Å². The third-order valence-corrected chi connectivity index (χ3v) is 13.4. The Morgan fingerprint density at radius 2 is 1.74 bits per heavy atom. The number of hydrogen-bond acceptors (Lipinski definition) is 6. The standard InChI is InChI=1S/C37H46N4O5S/c1-37(36(43)40-18-17-39-16-6-9-27(39)22-40)21-26-19-28(46-2)11-15-30(26)34-33(24-7-4-3-5-8-24)31-14-10-25(20-32(31)41(34)23-37)35(42)38-47(44,45)29-12-13-29/h10-11,14-15,19-20,24,27,29H,3-9,12-13,16-18,21-23H2,1-2H3,(H,38,42). The van der Waals surface area contributed by atoms with E-state index in [4.69, 9.17) is 4.74 Å². The Hall–Kier alpha value is -3.37. The minimum Gasteiger partial charge on any atom is -0.497 e. The van der Waals surface area contributed by atoms with Gasteiger partial charge in [-0.25, -0.2) is 13.1 Å². The lowest BCUT2D eigenvalue weighted by molar-refractivity contribution is -0.144. The van der Waals surface area contributed by atoms with Gasteiger partial charge >= 0.3 is 0 Å². The van der Waals surface area contributed by atoms with Crippen molar-refractivity contribution in [2.45, 2.75) is 94.9 Å². The zero-order chi connectivity index (χ0) is 32.5. The van der Waals surface area contributed by atoms with Gasteiger partial charge in [-0.2, -0.15) is 0 Å². The minimum atomic E-state index is -3.69. The summed E-state index contributed by atoms with van der Waals surface area (Å²) in [6.45, 7) is 6.13. The molecule has 1 N–H and O–H groups in total. The smallest absolute Gasteiger partial charge is 0.264 e. The lowest BCUT2D eigenvalue weighted by Crippen LogP contribution is -2.56. The molecule has 0 bridgehead atoms. The molecule has 2 atom stereocenters. The summed E-state index contributed by atoms with van der Waals surface area (Å²) in [5.41, 5.74) is 5.11. The number of amides is 2. The van der Waals surface area contributed by atoms with Crippen molar-refractivity contribution in [3.63, 3.8) is 0 Å². The van der Waals surface area contributed by atoms with Crippen molar-refractivity contribution in [1.29, 1.82) is 0 Å². The monoisotopic (exact) mass is 658 g/mol. The summed E-state index contributed by atoms with van der Waals surface area (Å²) in [5, 5.41) is 0.607. The van der Waals surface area contributed by atoms with Gasteiger partial charge in [0.05, 0.1) is 23.5 Å². The first kappa shape index (κ1) is 30.9. The van der Waals surface area contributed by atoms with E-state index in [2.05, 4.69) is 38.1 Å². The number of ether oxygens (including phenoxy) is 1. The van der Waals surface area contributed by atoms with Crippen molar-refractivity contribution in [3.05, 3.63) is 53.1 Å². The van der Waals surface area contributed by atoms with E-state index in [1.54, 1.807) is 13.2 Å². The molecule has 2 saturated carbocycles. The SMILES string of the molecule is COc1ccc2c(c1)CC(C)(C(=O)N1CCN3CCCC3C1)Cn1c-2c(C2CCCCC2)c2ccc(C(=O)NS(=O)(=O)C3CC3)cc21. The number of nitrogens with one attached hydrogen (secondary N) is 1. The van der Waals surface area contributed by atoms with Gasteiger partial charge in [0.2, 0.25) is 15.9 Å². The summed E-state index contributed by atoms with van der Waals surface area (Å²) in [6, 6.07) is 12.3. The lowest BCUT2D eigenvalue weighted by Gasteiger charge is -2.41. The van der Waals surface area contributed by atoms with Gasteiger partial charge in [-0.15, -0.1) is 0 Å². The molecule has 250 valence electrons. The molecule has 0 radical (unpaired) electrons. The van der Waals surface area contributed by atoms with Crippen molar-refractivity contribution < 1.29 is 22.7 Å². The predicted molar refractivity (Wildman–Crippen MR) is 182 cm³/mol. The normalized spacial score (nSPS) is 25.1. The Morgan fingerprint density at radius 3 is 2.51 bits per heavy atom. The molecule has 2 aromatic carbocycles. The maximum atomic E-state index is 14.8. The van der Waals surface area contributed by atoms with Crippen LogP contribution in [0.4, 0.5) is 0 Å². The second kappa shape index (κ2) is 11.7. The first-order chi connectivity index (χ1) is 22.6. The highest BCUT2D eigenvalue weighted by Crippen LogP contribution is 2.49. The molecule has 8 rings (SSSR count). The van der Waals surface area contributed by atoms with Crippen molar-refractivity contribution >= 4 is 32.7 Å². The van der Waals surface area contributed by atoms with Gasteiger partial charge in [0.15, 0.2) is 0 Å². The zero-order valence-corrected chi connectivity index (χ0v) is 28.4. The number of sulfonamides is 1. The summed E-state index contributed by atoms with van der Waals surface area (Å²) in [7, 11) is -2.01. The molecule has 1 aromatic heterocycles. The van der Waals surface area contributed by atoms with E-state index < -0.39 is 26.6 Å². The second-order valence-corrected chi connectivity index (χ2v) is 16.9. The fourth-order valence-electron chi connectivity index (χ4n) is 9.03. The first-order valence-corrected chi connectivity index (χ1v) is 19.1. The Kier molecular flexibility index (Phi) is 7.67. The number of aromatic nitrogens is 1. The topological polar surface area (TPSA) is 101 Å². The minimum absolute atomic E-state index is 0.177. The first-order valence-electron chi connectivity index (χ1n) is 17.6. The van der Waals surface area contributed by atoms with E-state index in [1.165, 1.54) is 31.2 Å². The third kappa shape index (κ3) is 5.45. The van der Waals surface area contributed by atoms with E-state index in [-0.39, 0.29) is 5.91 Å². The molecule has 9 nitrogen and oxygen atoms in total. The number of rotatable bonds is 6. The maximum Gasteiger partial charge on any atom is 0.264 e. The Labute approximate surface area is 277 Å². The van der Waals surface area contributed by atoms with Gasteiger partial charge in [0.25, 0.3) is 5.91 Å². The average Bonchev–Trinajstić information content (AvgIpc) is 3.80. The van der Waals surface area contributed by atoms with Crippen LogP contribution in [0.15, 0.2) is 36.4 Å². The van der Waals surface area contributed by atoms with Gasteiger partial charge < -0.3 is 14.2 Å². The van der Waals surface area contributed by atoms with Gasteiger partial charge in [-0.3, -0.25) is 14.5 Å². The largest absolute Gasteiger partial charge is 0.497 e. The molecule has 10 heteroatoms. The molecular weight excluding hydrogens is 612 g/mol. The Bertz CT molecular complexity index is 1860. The quantitative estimate of drug-likeness (QED) is 0.378. The van der Waals surface area contributed by atoms with Gasteiger partial charge in [-0.1, -0.05) is 25.3 Å². The number of carbonyl (C=O) groups excluding carboxylic acids is 2. The Balaban J connectivity index is 1.28. The van der Waals surface area contributed by atoms with Crippen LogP contribution in [-0.2, 0) is 27.8 Å². The summed E-state index contributed by atoms with van der Waals surface area (Å²) >= 11 is 0. The number of benzene rings is 2. The number of hydrogen-bond donors (Lipinski definition) is 1. The summed E-state index contributed by atoms with van der Waals surface area (Å²) < 4.78 is 35.7. The van der Waals surface area contributed by atoms with E-state index in [0.717, 1.165) is 78.9 Å². The van der Waals surface area contributed by atoms with Crippen LogP contribution >= 0.6 is 0 Å². The average molecular weight is 659 g/mol. The van der Waals surface area contributed by atoms with Gasteiger partial charge in [0.1, 0.15) is 5.75 Å². The van der Waals surface area contributed by atoms with Crippen LogP contribution in [0, 0.1) is 5.41 Å². The van der Waals surface area contributed by atoms with E-state index in [0.29, 0.717) is 43.3 Å². The molecule has 2 amide bonds. The van der Waals surface area contributed by atoms with Crippen molar-refractivity contribution in [2.24, 2.45) is 5.41 Å². The molecule has 2 unspecified atom stereocenters. The molecule has 3 aromatic rings. The number of methoxy groups -OCH3 is 1.